The molecule has 1 heterocycles. The van der Waals surface area contributed by atoms with Gasteiger partial charge in [0.05, 0.1) is 23.3 Å². The van der Waals surface area contributed by atoms with Crippen LogP contribution in [0.15, 0.2) is 24.5 Å². The van der Waals surface area contributed by atoms with Gasteiger partial charge in [-0.2, -0.15) is 13.2 Å². The lowest BCUT2D eigenvalue weighted by Gasteiger charge is -2.16. The lowest BCUT2D eigenvalue weighted by molar-refractivity contribution is -0.137. The molecule has 0 fully saturated rings. The first-order valence-electron chi connectivity index (χ1n) is 6.76. The van der Waals surface area contributed by atoms with Crippen LogP contribution in [-0.2, 0) is 12.7 Å². The molecule has 0 spiro atoms. The minimum absolute atomic E-state index is 0.112. The van der Waals surface area contributed by atoms with E-state index in [1.54, 1.807) is 19.9 Å². The molecule has 0 aliphatic carbocycles. The Morgan fingerprint density at radius 3 is 2.48 bits per heavy atom. The zero-order valence-corrected chi connectivity index (χ0v) is 12.3. The Bertz CT molecular complexity index is 630. The van der Waals surface area contributed by atoms with Crippen molar-refractivity contribution in [3.8, 4) is 5.69 Å². The first-order valence-corrected chi connectivity index (χ1v) is 6.76. The second-order valence-electron chi connectivity index (χ2n) is 4.91. The molecule has 1 aromatic heterocycles. The monoisotopic (exact) mass is 297 g/mol. The van der Waals surface area contributed by atoms with Crippen molar-refractivity contribution in [1.29, 1.82) is 0 Å². The molecule has 0 aliphatic rings. The summed E-state index contributed by atoms with van der Waals surface area (Å²) in [6, 6.07) is 4.42. The lowest BCUT2D eigenvalue weighted by atomic mass is 10.1. The molecule has 6 heteroatoms. The average Bonchev–Trinajstić information content (AvgIpc) is 2.75. The van der Waals surface area contributed by atoms with Crippen LogP contribution in [0.5, 0.6) is 0 Å². The molecule has 1 N–H and O–H groups in total. The maximum absolute atomic E-state index is 13.3. The van der Waals surface area contributed by atoms with Crippen LogP contribution in [0.25, 0.3) is 5.69 Å². The minimum atomic E-state index is -4.40. The molecule has 2 rings (SSSR count). The van der Waals surface area contributed by atoms with Gasteiger partial charge >= 0.3 is 6.18 Å². The van der Waals surface area contributed by atoms with Crippen LogP contribution in [0.4, 0.5) is 13.2 Å². The molecule has 1 aromatic carbocycles. The van der Waals surface area contributed by atoms with Crippen LogP contribution in [-0.4, -0.2) is 16.1 Å². The maximum Gasteiger partial charge on any atom is 0.418 e. The van der Waals surface area contributed by atoms with Crippen LogP contribution in [0, 0.1) is 13.8 Å². The molecule has 2 aromatic rings. The summed E-state index contributed by atoms with van der Waals surface area (Å²) in [6.07, 6.45) is -2.97. The normalized spacial score (nSPS) is 11.9. The average molecular weight is 297 g/mol. The molecule has 0 unspecified atom stereocenters. The number of hydrogen-bond donors (Lipinski definition) is 1. The van der Waals surface area contributed by atoms with Crippen molar-refractivity contribution in [2.75, 3.05) is 6.54 Å². The van der Waals surface area contributed by atoms with Crippen molar-refractivity contribution < 1.29 is 13.2 Å². The van der Waals surface area contributed by atoms with Gasteiger partial charge in [0.15, 0.2) is 0 Å². The number of nitrogens with zero attached hydrogens (tertiary/aromatic N) is 2. The zero-order valence-electron chi connectivity index (χ0n) is 12.3. The second-order valence-corrected chi connectivity index (χ2v) is 4.91. The fraction of sp³-hybridized carbons (Fsp3) is 0.400. The largest absolute Gasteiger partial charge is 0.418 e. The summed E-state index contributed by atoms with van der Waals surface area (Å²) in [4.78, 5) is 4.07. The summed E-state index contributed by atoms with van der Waals surface area (Å²) < 4.78 is 41.4. The quantitative estimate of drug-likeness (QED) is 0.934. The van der Waals surface area contributed by atoms with E-state index >= 15 is 0 Å². The van der Waals surface area contributed by atoms with Gasteiger partial charge in [0.25, 0.3) is 0 Å². The standard InChI is InChI=1S/C15H18F3N3/c1-4-19-8-12-5-6-14(13(7-12)15(16,17)18)21-9-20-10(2)11(21)3/h5-7,9,19H,4,8H2,1-3H3. The topological polar surface area (TPSA) is 29.9 Å². The Morgan fingerprint density at radius 1 is 1.24 bits per heavy atom. The van der Waals surface area contributed by atoms with Gasteiger partial charge in [-0.05, 0) is 38.1 Å². The van der Waals surface area contributed by atoms with Gasteiger partial charge < -0.3 is 9.88 Å². The molecule has 21 heavy (non-hydrogen) atoms. The number of imidazole rings is 1. The van der Waals surface area contributed by atoms with Gasteiger partial charge in [-0.15, -0.1) is 0 Å². The van der Waals surface area contributed by atoms with Gasteiger partial charge in [-0.3, -0.25) is 0 Å². The van der Waals surface area contributed by atoms with E-state index < -0.39 is 11.7 Å². The molecule has 0 saturated heterocycles. The number of rotatable bonds is 4. The number of aryl methyl sites for hydroxylation is 1. The minimum Gasteiger partial charge on any atom is -0.313 e. The first kappa shape index (κ1) is 15.6. The van der Waals surface area contributed by atoms with Gasteiger partial charge in [0, 0.05) is 12.2 Å². The Hall–Kier alpha value is -1.82. The molecule has 0 amide bonds. The van der Waals surface area contributed by atoms with Crippen molar-refractivity contribution in [2.45, 2.75) is 33.5 Å². The van der Waals surface area contributed by atoms with E-state index in [9.17, 15) is 13.2 Å². The molecule has 0 saturated carbocycles. The third-order valence-electron chi connectivity index (χ3n) is 3.46. The highest BCUT2D eigenvalue weighted by Crippen LogP contribution is 2.35. The fourth-order valence-corrected chi connectivity index (χ4v) is 2.14. The highest BCUT2D eigenvalue weighted by molar-refractivity contribution is 5.47. The number of hydrogen-bond acceptors (Lipinski definition) is 2. The van der Waals surface area contributed by atoms with Crippen molar-refractivity contribution in [1.82, 2.24) is 14.9 Å². The van der Waals surface area contributed by atoms with Crippen molar-refractivity contribution >= 4 is 0 Å². The van der Waals surface area contributed by atoms with Crippen molar-refractivity contribution in [2.24, 2.45) is 0 Å². The number of nitrogens with one attached hydrogen (secondary N) is 1. The lowest BCUT2D eigenvalue weighted by Crippen LogP contribution is -2.15. The molecule has 0 atom stereocenters. The molecule has 0 aliphatic heterocycles. The predicted octanol–water partition coefficient (Wildman–Crippen LogP) is 3.62. The van der Waals surface area contributed by atoms with Gasteiger partial charge in [-0.25, -0.2) is 4.98 Å². The summed E-state index contributed by atoms with van der Waals surface area (Å²) in [5, 5.41) is 3.03. The third-order valence-corrected chi connectivity index (χ3v) is 3.46. The summed E-state index contributed by atoms with van der Waals surface area (Å²) in [5.74, 6) is 0. The number of benzene rings is 1. The van der Waals surface area contributed by atoms with Crippen molar-refractivity contribution in [3.05, 3.63) is 47.0 Å². The number of aromatic nitrogens is 2. The first-order chi connectivity index (χ1) is 9.84. The van der Waals surface area contributed by atoms with E-state index in [2.05, 4.69) is 10.3 Å². The molecule has 3 nitrogen and oxygen atoms in total. The molecule has 114 valence electrons. The van der Waals surface area contributed by atoms with Crippen LogP contribution in [0.1, 0.15) is 29.4 Å². The molecule has 0 radical (unpaired) electrons. The fourth-order valence-electron chi connectivity index (χ4n) is 2.14. The second kappa shape index (κ2) is 5.89. The zero-order chi connectivity index (χ0) is 15.6. The Labute approximate surface area is 121 Å². The van der Waals surface area contributed by atoms with Gasteiger partial charge in [-0.1, -0.05) is 13.0 Å². The summed E-state index contributed by atoms with van der Waals surface area (Å²) in [7, 11) is 0. The Kier molecular flexibility index (Phi) is 4.37. The van der Waals surface area contributed by atoms with E-state index in [-0.39, 0.29) is 5.69 Å². The van der Waals surface area contributed by atoms with E-state index in [0.717, 1.165) is 5.69 Å². The highest BCUT2D eigenvalue weighted by atomic mass is 19.4. The maximum atomic E-state index is 13.3. The van der Waals surface area contributed by atoms with E-state index in [0.29, 0.717) is 24.3 Å². The van der Waals surface area contributed by atoms with Crippen LogP contribution < -0.4 is 5.32 Å². The highest BCUT2D eigenvalue weighted by Gasteiger charge is 2.34. The van der Waals surface area contributed by atoms with Crippen molar-refractivity contribution in [3.63, 3.8) is 0 Å². The summed E-state index contributed by atoms with van der Waals surface area (Å²) >= 11 is 0. The smallest absolute Gasteiger partial charge is 0.313 e. The van der Waals surface area contributed by atoms with E-state index in [4.69, 9.17) is 0 Å². The van der Waals surface area contributed by atoms with E-state index in [1.165, 1.54) is 23.0 Å². The van der Waals surface area contributed by atoms with Gasteiger partial charge in [0.1, 0.15) is 0 Å². The summed E-state index contributed by atoms with van der Waals surface area (Å²) in [6.45, 7) is 6.58. The SMILES string of the molecule is CCNCc1ccc(-n2cnc(C)c2C)c(C(F)(F)F)c1. The number of halogens is 3. The van der Waals surface area contributed by atoms with Crippen LogP contribution in [0.2, 0.25) is 0 Å². The Morgan fingerprint density at radius 2 is 1.95 bits per heavy atom. The number of alkyl halides is 3. The van der Waals surface area contributed by atoms with Gasteiger partial charge in [0.2, 0.25) is 0 Å². The van der Waals surface area contributed by atoms with Crippen LogP contribution >= 0.6 is 0 Å². The molecular formula is C15H18F3N3. The molecular weight excluding hydrogens is 279 g/mol. The van der Waals surface area contributed by atoms with E-state index in [1.807, 2.05) is 6.92 Å². The molecule has 0 bridgehead atoms. The van der Waals surface area contributed by atoms with Crippen LogP contribution in [0.3, 0.4) is 0 Å². The Balaban J connectivity index is 2.53. The third kappa shape index (κ3) is 3.26. The summed E-state index contributed by atoms with van der Waals surface area (Å²) in [5.41, 5.74) is 1.52. The predicted molar refractivity (Wildman–Crippen MR) is 75.4 cm³/mol.